The quantitative estimate of drug-likeness (QED) is 0.0161. The molecule has 7 aromatic rings. The Kier molecular flexibility index (Phi) is 36.7. The van der Waals surface area contributed by atoms with Gasteiger partial charge in [0.25, 0.3) is 0 Å². The average molecular weight is 1770 g/mol. The minimum atomic E-state index is -1.32. The van der Waals surface area contributed by atoms with Crippen molar-refractivity contribution in [3.05, 3.63) is 99.7 Å². The van der Waals surface area contributed by atoms with Gasteiger partial charge in [-0.3, -0.25) is 15.0 Å². The third kappa shape index (κ3) is 27.1. The maximum absolute atomic E-state index is 13.5. The molecule has 0 bridgehead atoms. The topological polar surface area (TPSA) is 279 Å². The molecule has 0 aromatic carbocycles. The fourth-order valence-electron chi connectivity index (χ4n) is 13.2. The molecule has 2 aliphatic carbocycles. The molecule has 0 unspecified atom stereocenters. The van der Waals surface area contributed by atoms with Crippen LogP contribution in [0.15, 0.2) is 87.7 Å². The van der Waals surface area contributed by atoms with Gasteiger partial charge >= 0.3 is 41.5 Å². The maximum Gasteiger partial charge on any atom is 1.00 e. The zero-order chi connectivity index (χ0) is 80.7. The van der Waals surface area contributed by atoms with Crippen molar-refractivity contribution in [2.45, 2.75) is 184 Å². The van der Waals surface area contributed by atoms with E-state index in [1.807, 2.05) is 64.3 Å². The van der Waals surface area contributed by atoms with Gasteiger partial charge in [0, 0.05) is 159 Å². The van der Waals surface area contributed by atoms with Crippen molar-refractivity contribution in [2.75, 3.05) is 144 Å². The summed E-state index contributed by atoms with van der Waals surface area (Å²) in [6.45, 7) is 34.5. The number of H-pyrrole nitrogens is 1. The van der Waals surface area contributed by atoms with Crippen molar-refractivity contribution in [1.29, 1.82) is 0 Å². The molecule has 113 heavy (non-hydrogen) atoms. The first-order chi connectivity index (χ1) is 53.5. The number of anilines is 2. The van der Waals surface area contributed by atoms with Gasteiger partial charge in [0.15, 0.2) is 40.0 Å². The van der Waals surface area contributed by atoms with Gasteiger partial charge in [-0.15, -0.1) is 0 Å². The number of fused-ring (bicyclic) bond motifs is 2. The predicted octanol–water partition coefficient (Wildman–Crippen LogP) is 12.7. The van der Waals surface area contributed by atoms with Crippen LogP contribution in [-0.4, -0.2) is 245 Å². The molecule has 7 aromatic heterocycles. The number of ether oxygens (including phenoxy) is 12. The Labute approximate surface area is 712 Å². The van der Waals surface area contributed by atoms with Gasteiger partial charge < -0.3 is 73.1 Å². The number of rotatable bonds is 44. The van der Waals surface area contributed by atoms with E-state index in [9.17, 15) is 9.59 Å². The number of hydrogen-bond acceptors (Lipinski definition) is 24. The molecule has 2 fully saturated rings. The fraction of sp³-hybridized carbons (Fsp3) is 0.620. The molecule has 0 spiro atoms. The number of carbonyl (C=O) groups is 2. The number of allylic oxidation sites excluding steroid dienone is 1. The molecule has 1 aliphatic heterocycles. The van der Waals surface area contributed by atoms with Crippen LogP contribution in [0.3, 0.4) is 0 Å². The molecule has 27 nitrogen and oxygen atoms in total. The van der Waals surface area contributed by atoms with Gasteiger partial charge in [-0.25, -0.2) is 24.5 Å². The molecular formula is C79H122Br2N13NaO14Si4. The van der Waals surface area contributed by atoms with E-state index in [0.717, 1.165) is 102 Å². The number of aromatic amines is 1. The molecule has 618 valence electrons. The predicted molar refractivity (Wildman–Crippen MR) is 457 cm³/mol. The van der Waals surface area contributed by atoms with Crippen LogP contribution in [0, 0.1) is 0 Å². The minimum absolute atomic E-state index is 0. The smallest absolute Gasteiger partial charge is 1.00 e. The molecule has 0 atom stereocenters. The molecular weight excluding hydrogens is 1650 g/mol. The molecule has 10 rings (SSSR count). The van der Waals surface area contributed by atoms with Crippen molar-refractivity contribution in [3.63, 3.8) is 0 Å². The number of aromatic nitrogens is 10. The fourth-order valence-corrected chi connectivity index (χ4v) is 17.9. The van der Waals surface area contributed by atoms with E-state index in [-0.39, 0.29) is 74.6 Å². The number of nitrogens with zero attached hydrogens (tertiary/aromatic N) is 12. The second-order valence-corrected chi connectivity index (χ2v) is 57.8. The standard InChI is InChI=1S/C40H61BrN6O7Si2.C39H60BrN7O7Si2.Na.H/c1-49-18-20-53-39(48)40(54-21-19-50-2)15-13-30(14-16-40)36-35(41)38(46(28-51-22-24-55(3,4)5)29-52-23-25-56(6,7)8)47-37(45-36)32(27-44-47)31-11-12-34(43-26-31)33-10-9-17-42-33;1-49-17-19-53-38(48)39(54-20-18-50-2)13-11-29(12-14-39)34-33(40)37(46(27-51-21-23-55(3,4)5)28-52-22-24-56(6,7)8)47-36(45-34)31(26-44-47)30-9-10-32(43-25-30)35-41-15-16-42-35;;/h9,11-12,17,26-27,30H,10,13-16,18-25,28-29H2,1-8H3;9-10,15-16,25-26,29H,11-14,17-24,27-28H2,1-8H3,(H,41,42);;/q;;+1;-1. The van der Waals surface area contributed by atoms with Gasteiger partial charge in [-0.1, -0.05) is 96.8 Å². The summed E-state index contributed by atoms with van der Waals surface area (Å²) in [4.78, 5) is 63.5. The summed E-state index contributed by atoms with van der Waals surface area (Å²) in [6, 6.07) is 12.2. The van der Waals surface area contributed by atoms with Gasteiger partial charge in [0.05, 0.1) is 83.8 Å². The molecule has 1 N–H and O–H groups in total. The summed E-state index contributed by atoms with van der Waals surface area (Å²) in [5.74, 6) is 1.58. The third-order valence-electron chi connectivity index (χ3n) is 20.1. The van der Waals surface area contributed by atoms with E-state index >= 15 is 0 Å². The summed E-state index contributed by atoms with van der Waals surface area (Å²) in [5.41, 5.74) is 7.02. The number of halogens is 2. The summed E-state index contributed by atoms with van der Waals surface area (Å²) >= 11 is 8.07. The number of aliphatic imine (C=N–C) groups is 1. The Morgan fingerprint density at radius 1 is 0.513 bits per heavy atom. The molecule has 2 saturated carbocycles. The number of pyridine rings is 2. The zero-order valence-electron chi connectivity index (χ0n) is 70.9. The van der Waals surface area contributed by atoms with Crippen LogP contribution in [0.1, 0.15) is 88.1 Å². The van der Waals surface area contributed by atoms with Crippen LogP contribution >= 0.6 is 31.9 Å². The van der Waals surface area contributed by atoms with Crippen LogP contribution in [0.4, 0.5) is 11.6 Å². The van der Waals surface area contributed by atoms with E-state index in [2.05, 4.69) is 141 Å². The monoisotopic (exact) mass is 1770 g/mol. The Bertz CT molecular complexity index is 4130. The first-order valence-corrected chi connectivity index (χ1v) is 55.6. The molecule has 3 aliphatic rings. The second kappa shape index (κ2) is 44.3. The van der Waals surface area contributed by atoms with Crippen molar-refractivity contribution in [2.24, 2.45) is 4.99 Å². The summed E-state index contributed by atoms with van der Waals surface area (Å²) in [6.07, 6.45) is 20.0. The summed E-state index contributed by atoms with van der Waals surface area (Å²) in [7, 11) is 1.14. The maximum atomic E-state index is 13.5. The first-order valence-electron chi connectivity index (χ1n) is 39.2. The number of carbonyl (C=O) groups excluding carboxylic acids is 2. The van der Waals surface area contributed by atoms with Crippen LogP contribution < -0.4 is 39.4 Å². The SMILES string of the molecule is COCCOC(=O)C1(OCCOC)CCC(c2nc3c(-c4ccc(-c5ncc[nH]5)nc4)cnn3c(N(COCC[Si](C)(C)C)COCC[Si](C)(C)C)c2Br)CC1.COCCOC(=O)C1(OCCOC)CCC(c2nc3c(-c4ccc(C5=NC=CC5)nc4)cnn3c(N(COCC[Si](C)(C)C)COCC[Si](C)(C)C)c2Br)CC1.[H-].[Na+]. The van der Waals surface area contributed by atoms with E-state index in [4.69, 9.17) is 87.0 Å². The van der Waals surface area contributed by atoms with E-state index < -0.39 is 43.5 Å². The van der Waals surface area contributed by atoms with Crippen LogP contribution in [0.2, 0.25) is 103 Å². The Hall–Kier alpha value is -4.87. The molecule has 0 radical (unpaired) electrons. The van der Waals surface area contributed by atoms with Gasteiger partial charge in [0.2, 0.25) is 0 Å². The van der Waals surface area contributed by atoms with E-state index in [0.29, 0.717) is 155 Å². The van der Waals surface area contributed by atoms with E-state index in [1.54, 1.807) is 40.8 Å². The minimum Gasteiger partial charge on any atom is -1.00 e. The number of imidazole rings is 1. The molecule has 8 heterocycles. The first kappa shape index (κ1) is 93.6. The number of methoxy groups -OCH3 is 4. The van der Waals surface area contributed by atoms with Crippen LogP contribution in [0.25, 0.3) is 45.1 Å². The van der Waals surface area contributed by atoms with Gasteiger partial charge in [-0.2, -0.15) is 19.2 Å². The molecule has 0 amide bonds. The Morgan fingerprint density at radius 3 is 1.22 bits per heavy atom. The number of hydrogen-bond donors (Lipinski definition) is 1. The number of nitrogens with one attached hydrogen (secondary N) is 1. The second-order valence-electron chi connectivity index (χ2n) is 33.8. The zero-order valence-corrected chi connectivity index (χ0v) is 79.1. The largest absolute Gasteiger partial charge is 1.00 e. The summed E-state index contributed by atoms with van der Waals surface area (Å²) < 4.78 is 75.6. The molecule has 34 heteroatoms. The van der Waals surface area contributed by atoms with Gasteiger partial charge in [-0.05, 0) is 120 Å². The Morgan fingerprint density at radius 2 is 0.894 bits per heavy atom. The van der Waals surface area contributed by atoms with Crippen LogP contribution in [0.5, 0.6) is 0 Å². The van der Waals surface area contributed by atoms with Crippen molar-refractivity contribution in [3.8, 4) is 33.8 Å². The van der Waals surface area contributed by atoms with Gasteiger partial charge in [0.1, 0.15) is 45.8 Å². The molecule has 0 saturated heterocycles. The number of esters is 2. The average Bonchev–Trinajstić information content (AvgIpc) is 1.56. The van der Waals surface area contributed by atoms with Crippen LogP contribution in [-0.2, 0) is 66.4 Å². The third-order valence-corrected chi connectivity index (χ3v) is 28.4. The summed E-state index contributed by atoms with van der Waals surface area (Å²) in [5, 5.41) is 9.87. The van der Waals surface area contributed by atoms with Crippen molar-refractivity contribution >= 4 is 105 Å². The normalized spacial score (nSPS) is 18.1. The van der Waals surface area contributed by atoms with E-state index in [1.165, 1.54) is 0 Å². The Balaban J connectivity index is 0.000000310. The van der Waals surface area contributed by atoms with Crippen molar-refractivity contribution < 1.29 is 97.4 Å². The van der Waals surface area contributed by atoms with Crippen molar-refractivity contribution in [1.82, 2.24) is 49.1 Å².